The van der Waals surface area contributed by atoms with Gasteiger partial charge in [-0.1, -0.05) is 11.6 Å². The van der Waals surface area contributed by atoms with Gasteiger partial charge in [-0.2, -0.15) is 13.2 Å². The van der Waals surface area contributed by atoms with Crippen molar-refractivity contribution in [1.29, 1.82) is 0 Å². The number of benzene rings is 1. The van der Waals surface area contributed by atoms with Crippen LogP contribution < -0.4 is 10.5 Å². The molecule has 0 fully saturated rings. The van der Waals surface area contributed by atoms with Crippen LogP contribution in [0.15, 0.2) is 23.1 Å². The zero-order valence-corrected chi connectivity index (χ0v) is 12.1. The number of carbonyl (C=O) groups excluding carboxylic acids is 1. The zero-order chi connectivity index (χ0) is 16.3. The summed E-state index contributed by atoms with van der Waals surface area (Å²) in [5.74, 6) is -0.771. The fraction of sp³-hybridized carbons (Fsp3) is 0.364. The van der Waals surface area contributed by atoms with Crippen LogP contribution >= 0.6 is 11.6 Å². The first-order valence-electron chi connectivity index (χ1n) is 5.68. The second kappa shape index (κ2) is 6.63. The molecular weight excluding hydrogens is 333 g/mol. The first-order chi connectivity index (χ1) is 9.50. The van der Waals surface area contributed by atoms with Crippen LogP contribution in [-0.2, 0) is 10.0 Å². The minimum absolute atomic E-state index is 0.0317. The van der Waals surface area contributed by atoms with Crippen LogP contribution in [0.4, 0.5) is 13.2 Å². The average Bonchev–Trinajstić information content (AvgIpc) is 2.32. The number of carbonyl (C=O) groups is 1. The lowest BCUT2D eigenvalue weighted by Gasteiger charge is -2.09. The van der Waals surface area contributed by atoms with Crippen LogP contribution in [0.2, 0.25) is 5.02 Å². The van der Waals surface area contributed by atoms with Crippen molar-refractivity contribution in [2.75, 3.05) is 6.54 Å². The normalized spacial score (nSPS) is 12.2. The number of primary sulfonamides is 1. The average molecular weight is 345 g/mol. The monoisotopic (exact) mass is 344 g/mol. The molecule has 3 N–H and O–H groups in total. The summed E-state index contributed by atoms with van der Waals surface area (Å²) in [6.07, 6.45) is -5.62. The van der Waals surface area contributed by atoms with E-state index in [4.69, 9.17) is 16.7 Å². The summed E-state index contributed by atoms with van der Waals surface area (Å²) in [5, 5.41) is 7.12. The van der Waals surface area contributed by atoms with Gasteiger partial charge in [0.15, 0.2) is 0 Å². The molecule has 0 aliphatic heterocycles. The molecule has 0 heterocycles. The molecule has 0 radical (unpaired) electrons. The Morgan fingerprint density at radius 2 is 1.95 bits per heavy atom. The first-order valence-corrected chi connectivity index (χ1v) is 7.60. The molecule has 0 bridgehead atoms. The Bertz CT molecular complexity index is 632. The largest absolute Gasteiger partial charge is 0.389 e. The maximum Gasteiger partial charge on any atom is 0.389 e. The van der Waals surface area contributed by atoms with E-state index in [9.17, 15) is 26.4 Å². The summed E-state index contributed by atoms with van der Waals surface area (Å²) in [4.78, 5) is 11.4. The standard InChI is InChI=1S/C11H12ClF3N2O3S/c12-9-3-2-7(21(16,19)20)6-8(9)10(18)17-5-1-4-11(13,14)15/h2-3,6H,1,4-5H2,(H,17,18)(H2,16,19,20). The first kappa shape index (κ1) is 17.7. The van der Waals surface area contributed by atoms with E-state index in [-0.39, 0.29) is 28.4 Å². The number of halogens is 4. The molecule has 10 heteroatoms. The van der Waals surface area contributed by atoms with Gasteiger partial charge in [-0.05, 0) is 24.6 Å². The highest BCUT2D eigenvalue weighted by Crippen LogP contribution is 2.21. The number of nitrogens with one attached hydrogen (secondary N) is 1. The van der Waals surface area contributed by atoms with Gasteiger partial charge in [0.05, 0.1) is 15.5 Å². The van der Waals surface area contributed by atoms with E-state index >= 15 is 0 Å². The van der Waals surface area contributed by atoms with Crippen molar-refractivity contribution in [2.45, 2.75) is 23.9 Å². The van der Waals surface area contributed by atoms with Crippen LogP contribution in [0.25, 0.3) is 0 Å². The highest BCUT2D eigenvalue weighted by molar-refractivity contribution is 7.89. The summed E-state index contributed by atoms with van der Waals surface area (Å²) >= 11 is 5.75. The van der Waals surface area contributed by atoms with Gasteiger partial charge >= 0.3 is 6.18 Å². The van der Waals surface area contributed by atoms with E-state index in [2.05, 4.69) is 5.32 Å². The van der Waals surface area contributed by atoms with Gasteiger partial charge in [-0.15, -0.1) is 0 Å². The molecule has 0 saturated heterocycles. The molecule has 1 aromatic carbocycles. The predicted octanol–water partition coefficient (Wildman–Crippen LogP) is 2.06. The number of amides is 1. The molecule has 0 atom stereocenters. The quantitative estimate of drug-likeness (QED) is 0.801. The van der Waals surface area contributed by atoms with E-state index in [1.54, 1.807) is 0 Å². The number of sulfonamides is 1. The summed E-state index contributed by atoms with van der Waals surface area (Å²) in [6, 6.07) is 3.26. The third-order valence-electron chi connectivity index (χ3n) is 2.43. The van der Waals surface area contributed by atoms with Crippen LogP contribution in [0.1, 0.15) is 23.2 Å². The Kier molecular flexibility index (Phi) is 5.60. The molecule has 118 valence electrons. The molecule has 5 nitrogen and oxygen atoms in total. The van der Waals surface area contributed by atoms with Gasteiger partial charge in [-0.3, -0.25) is 4.79 Å². The van der Waals surface area contributed by atoms with Gasteiger partial charge in [0.1, 0.15) is 0 Å². The van der Waals surface area contributed by atoms with Crippen molar-refractivity contribution in [3.63, 3.8) is 0 Å². The van der Waals surface area contributed by atoms with Crippen molar-refractivity contribution >= 4 is 27.5 Å². The molecule has 1 amide bonds. The van der Waals surface area contributed by atoms with Gasteiger partial charge < -0.3 is 5.32 Å². The molecule has 1 aromatic rings. The van der Waals surface area contributed by atoms with E-state index in [0.29, 0.717) is 0 Å². The topological polar surface area (TPSA) is 89.3 Å². The van der Waals surface area contributed by atoms with Crippen LogP contribution in [0.3, 0.4) is 0 Å². The number of hydrogen-bond donors (Lipinski definition) is 2. The predicted molar refractivity (Wildman–Crippen MR) is 70.4 cm³/mol. The Morgan fingerprint density at radius 3 is 2.48 bits per heavy atom. The lowest BCUT2D eigenvalue weighted by Crippen LogP contribution is -2.26. The Morgan fingerprint density at radius 1 is 1.33 bits per heavy atom. The molecule has 0 aliphatic rings. The number of alkyl halides is 3. The summed E-state index contributed by atoms with van der Waals surface area (Å²) in [7, 11) is -4.01. The highest BCUT2D eigenvalue weighted by atomic mass is 35.5. The third kappa shape index (κ3) is 5.90. The lowest BCUT2D eigenvalue weighted by molar-refractivity contribution is -0.135. The van der Waals surface area contributed by atoms with E-state index in [0.717, 1.165) is 12.1 Å². The second-order valence-corrected chi connectivity index (χ2v) is 6.13. The Labute approximate surface area is 124 Å². The number of rotatable bonds is 5. The van der Waals surface area contributed by atoms with E-state index in [1.807, 2.05) is 0 Å². The van der Waals surface area contributed by atoms with Crippen molar-refractivity contribution in [2.24, 2.45) is 5.14 Å². The fourth-order valence-corrected chi connectivity index (χ4v) is 2.18. The van der Waals surface area contributed by atoms with E-state index in [1.165, 1.54) is 6.07 Å². The summed E-state index contributed by atoms with van der Waals surface area (Å²) in [6.45, 7) is -0.214. The highest BCUT2D eigenvalue weighted by Gasteiger charge is 2.26. The minimum atomic E-state index is -4.30. The smallest absolute Gasteiger partial charge is 0.352 e. The number of nitrogens with two attached hydrogens (primary N) is 1. The molecule has 0 aromatic heterocycles. The SMILES string of the molecule is NS(=O)(=O)c1ccc(Cl)c(C(=O)NCCCC(F)(F)F)c1. The fourth-order valence-electron chi connectivity index (χ4n) is 1.44. The third-order valence-corrected chi connectivity index (χ3v) is 3.67. The summed E-state index contributed by atoms with van der Waals surface area (Å²) in [5.41, 5.74) is -0.171. The maximum atomic E-state index is 11.9. The van der Waals surface area contributed by atoms with Crippen molar-refractivity contribution in [1.82, 2.24) is 5.32 Å². The molecule has 0 unspecified atom stereocenters. The molecule has 0 spiro atoms. The lowest BCUT2D eigenvalue weighted by atomic mass is 10.2. The molecule has 21 heavy (non-hydrogen) atoms. The maximum absolute atomic E-state index is 11.9. The molecule has 0 saturated carbocycles. The molecular formula is C11H12ClF3N2O3S. The van der Waals surface area contributed by atoms with Crippen LogP contribution in [-0.4, -0.2) is 27.0 Å². The summed E-state index contributed by atoms with van der Waals surface area (Å²) < 4.78 is 58.1. The van der Waals surface area contributed by atoms with Crippen molar-refractivity contribution in [3.05, 3.63) is 28.8 Å². The van der Waals surface area contributed by atoms with Crippen molar-refractivity contribution in [3.8, 4) is 0 Å². The van der Waals surface area contributed by atoms with Crippen molar-refractivity contribution < 1.29 is 26.4 Å². The van der Waals surface area contributed by atoms with Crippen LogP contribution in [0, 0.1) is 0 Å². The van der Waals surface area contributed by atoms with Crippen LogP contribution in [0.5, 0.6) is 0 Å². The Balaban J connectivity index is 2.74. The molecule has 1 rings (SSSR count). The second-order valence-electron chi connectivity index (χ2n) is 4.16. The van der Waals surface area contributed by atoms with Gasteiger partial charge in [0, 0.05) is 13.0 Å². The van der Waals surface area contributed by atoms with Gasteiger partial charge in [0.2, 0.25) is 10.0 Å². The minimum Gasteiger partial charge on any atom is -0.352 e. The Hall–Kier alpha value is -1.32. The van der Waals surface area contributed by atoms with E-state index < -0.39 is 28.5 Å². The van der Waals surface area contributed by atoms with Gasteiger partial charge in [0.25, 0.3) is 5.91 Å². The number of hydrogen-bond acceptors (Lipinski definition) is 3. The van der Waals surface area contributed by atoms with Gasteiger partial charge in [-0.25, -0.2) is 13.6 Å². The zero-order valence-electron chi connectivity index (χ0n) is 10.6. The molecule has 0 aliphatic carbocycles.